The van der Waals surface area contributed by atoms with E-state index in [0.717, 1.165) is 5.82 Å². The van der Waals surface area contributed by atoms with Crippen molar-refractivity contribution in [2.45, 2.75) is 0 Å². The van der Waals surface area contributed by atoms with Crippen LogP contribution in [0.15, 0.2) is 12.3 Å². The zero-order valence-corrected chi connectivity index (χ0v) is 7.75. The number of alkyl halides is 1. The van der Waals surface area contributed by atoms with Crippen LogP contribution >= 0.6 is 11.6 Å². The molecule has 0 fully saturated rings. The minimum Gasteiger partial charge on any atom is -0.299 e. The summed E-state index contributed by atoms with van der Waals surface area (Å²) in [6.45, 7) is 0. The van der Waals surface area contributed by atoms with Crippen molar-refractivity contribution in [1.82, 2.24) is 9.78 Å². The van der Waals surface area contributed by atoms with Gasteiger partial charge in [0, 0.05) is 20.2 Å². The maximum Gasteiger partial charge on any atom is 0.242 e. The molecule has 1 heterocycles. The third-order valence-corrected chi connectivity index (χ3v) is 1.86. The van der Waals surface area contributed by atoms with Gasteiger partial charge in [-0.25, -0.2) is 0 Å². The smallest absolute Gasteiger partial charge is 0.242 e. The monoisotopic (exact) mass is 187 g/mol. The molecule has 0 aliphatic rings. The van der Waals surface area contributed by atoms with E-state index in [9.17, 15) is 4.79 Å². The molecule has 0 saturated heterocycles. The lowest BCUT2D eigenvalue weighted by molar-refractivity contribution is -0.116. The number of halogens is 1. The third-order valence-electron chi connectivity index (χ3n) is 1.63. The number of carbonyl (C=O) groups is 1. The van der Waals surface area contributed by atoms with Crippen molar-refractivity contribution >= 4 is 23.3 Å². The van der Waals surface area contributed by atoms with Crippen LogP contribution in [0.3, 0.4) is 0 Å². The van der Waals surface area contributed by atoms with Gasteiger partial charge in [-0.15, -0.1) is 11.6 Å². The summed E-state index contributed by atoms with van der Waals surface area (Å²) in [5.41, 5.74) is 0. The number of anilines is 1. The number of aromatic nitrogens is 2. The first-order valence-corrected chi connectivity index (χ1v) is 4.00. The average molecular weight is 188 g/mol. The van der Waals surface area contributed by atoms with Crippen LogP contribution < -0.4 is 4.90 Å². The van der Waals surface area contributed by atoms with E-state index in [4.69, 9.17) is 11.6 Å². The molecule has 0 radical (unpaired) electrons. The van der Waals surface area contributed by atoms with Crippen molar-refractivity contribution in [3.8, 4) is 0 Å². The van der Waals surface area contributed by atoms with Gasteiger partial charge in [-0.3, -0.25) is 14.4 Å². The Morgan fingerprint density at radius 1 is 1.83 bits per heavy atom. The van der Waals surface area contributed by atoms with E-state index in [-0.39, 0.29) is 11.8 Å². The molecule has 1 aromatic heterocycles. The number of aryl methyl sites for hydroxylation is 1. The fraction of sp³-hybridized carbons (Fsp3) is 0.429. The molecule has 5 heteroatoms. The molecule has 1 rings (SSSR count). The van der Waals surface area contributed by atoms with Crippen LogP contribution in [0.4, 0.5) is 5.82 Å². The lowest BCUT2D eigenvalue weighted by atomic mass is 10.5. The van der Waals surface area contributed by atoms with Crippen LogP contribution in [0.1, 0.15) is 0 Å². The first kappa shape index (κ1) is 9.06. The van der Waals surface area contributed by atoms with Crippen LogP contribution in [-0.4, -0.2) is 28.6 Å². The van der Waals surface area contributed by atoms with Crippen molar-refractivity contribution < 1.29 is 4.79 Å². The molecule has 12 heavy (non-hydrogen) atoms. The van der Waals surface area contributed by atoms with Crippen molar-refractivity contribution in [1.29, 1.82) is 0 Å². The predicted molar refractivity (Wildman–Crippen MR) is 47.3 cm³/mol. The summed E-state index contributed by atoms with van der Waals surface area (Å²) in [6, 6.07) is 1.75. The molecule has 0 aliphatic carbocycles. The predicted octanol–water partition coefficient (Wildman–Crippen LogP) is 0.622. The molecule has 0 saturated carbocycles. The number of carbonyl (C=O) groups excluding carboxylic acids is 1. The molecule has 0 spiro atoms. The number of hydrogen-bond donors (Lipinski definition) is 0. The van der Waals surface area contributed by atoms with Gasteiger partial charge in [-0.05, 0) is 0 Å². The largest absolute Gasteiger partial charge is 0.299 e. The second-order valence-corrected chi connectivity index (χ2v) is 2.67. The topological polar surface area (TPSA) is 38.1 Å². The highest BCUT2D eigenvalue weighted by molar-refractivity contribution is 6.29. The molecule has 66 valence electrons. The molecular weight excluding hydrogens is 178 g/mol. The molecule has 4 nitrogen and oxygen atoms in total. The first-order chi connectivity index (χ1) is 5.66. The number of rotatable bonds is 2. The zero-order chi connectivity index (χ0) is 9.14. The van der Waals surface area contributed by atoms with Gasteiger partial charge in [-0.2, -0.15) is 5.10 Å². The summed E-state index contributed by atoms with van der Waals surface area (Å²) in [7, 11) is 3.44. The van der Waals surface area contributed by atoms with Gasteiger partial charge in [0.2, 0.25) is 5.91 Å². The van der Waals surface area contributed by atoms with Crippen LogP contribution in [0.5, 0.6) is 0 Å². The van der Waals surface area contributed by atoms with Gasteiger partial charge in [0.05, 0.1) is 6.20 Å². The molecular formula is C7H10ClN3O. The van der Waals surface area contributed by atoms with Gasteiger partial charge in [0.25, 0.3) is 0 Å². The summed E-state index contributed by atoms with van der Waals surface area (Å²) in [5.74, 6) is 0.586. The van der Waals surface area contributed by atoms with Crippen molar-refractivity contribution in [3.05, 3.63) is 12.3 Å². The van der Waals surface area contributed by atoms with Gasteiger partial charge in [0.1, 0.15) is 11.7 Å². The standard InChI is InChI=1S/C7H10ClN3O/c1-10(7(12)5-8)6-3-4-9-11(6)2/h3-4H,5H2,1-2H3. The lowest BCUT2D eigenvalue weighted by Crippen LogP contribution is -2.28. The molecule has 0 atom stereocenters. The molecule has 1 aromatic rings. The van der Waals surface area contributed by atoms with Gasteiger partial charge in [0.15, 0.2) is 0 Å². The van der Waals surface area contributed by atoms with Crippen LogP contribution in [0.25, 0.3) is 0 Å². The van der Waals surface area contributed by atoms with Crippen LogP contribution in [0.2, 0.25) is 0 Å². The second kappa shape index (κ2) is 3.58. The zero-order valence-electron chi connectivity index (χ0n) is 6.99. The summed E-state index contributed by atoms with van der Waals surface area (Å²) in [4.78, 5) is 12.6. The summed E-state index contributed by atoms with van der Waals surface area (Å²) in [5, 5.41) is 3.93. The Balaban J connectivity index is 2.84. The van der Waals surface area contributed by atoms with Crippen molar-refractivity contribution in [2.24, 2.45) is 7.05 Å². The molecule has 0 aliphatic heterocycles. The molecule has 0 unspecified atom stereocenters. The van der Waals surface area contributed by atoms with Gasteiger partial charge >= 0.3 is 0 Å². The molecule has 0 bridgehead atoms. The number of amides is 1. The van der Waals surface area contributed by atoms with E-state index >= 15 is 0 Å². The van der Waals surface area contributed by atoms with E-state index in [1.807, 2.05) is 0 Å². The maximum absolute atomic E-state index is 11.1. The Hall–Kier alpha value is -1.03. The molecule has 0 aromatic carbocycles. The maximum atomic E-state index is 11.1. The fourth-order valence-electron chi connectivity index (χ4n) is 0.913. The minimum atomic E-state index is -0.139. The Bertz CT molecular complexity index is 284. The van der Waals surface area contributed by atoms with Crippen LogP contribution in [0, 0.1) is 0 Å². The highest BCUT2D eigenvalue weighted by atomic mass is 35.5. The Kier molecular flexibility index (Phi) is 2.70. The van der Waals surface area contributed by atoms with E-state index in [0.29, 0.717) is 0 Å². The summed E-state index contributed by atoms with van der Waals surface area (Å²) in [6.07, 6.45) is 1.63. The van der Waals surface area contributed by atoms with Crippen molar-refractivity contribution in [2.75, 3.05) is 17.8 Å². The third kappa shape index (κ3) is 1.58. The normalized spacial score (nSPS) is 9.92. The highest BCUT2D eigenvalue weighted by Gasteiger charge is 2.11. The van der Waals surface area contributed by atoms with Crippen molar-refractivity contribution in [3.63, 3.8) is 0 Å². The quantitative estimate of drug-likeness (QED) is 0.637. The SMILES string of the molecule is CN(C(=O)CCl)c1ccnn1C. The van der Waals surface area contributed by atoms with E-state index in [2.05, 4.69) is 5.10 Å². The van der Waals surface area contributed by atoms with Gasteiger partial charge in [-0.1, -0.05) is 0 Å². The van der Waals surface area contributed by atoms with E-state index in [1.54, 1.807) is 31.0 Å². The second-order valence-electron chi connectivity index (χ2n) is 2.40. The molecule has 1 amide bonds. The lowest BCUT2D eigenvalue weighted by Gasteiger charge is -2.14. The number of nitrogens with zero attached hydrogens (tertiary/aromatic N) is 3. The first-order valence-electron chi connectivity index (χ1n) is 3.47. The Morgan fingerprint density at radius 2 is 2.50 bits per heavy atom. The summed E-state index contributed by atoms with van der Waals surface area (Å²) < 4.78 is 1.62. The fourth-order valence-corrected chi connectivity index (χ4v) is 1.09. The average Bonchev–Trinajstić information content (AvgIpc) is 2.48. The highest BCUT2D eigenvalue weighted by Crippen LogP contribution is 2.09. The number of hydrogen-bond acceptors (Lipinski definition) is 2. The van der Waals surface area contributed by atoms with E-state index < -0.39 is 0 Å². The summed E-state index contributed by atoms with van der Waals surface area (Å²) >= 11 is 5.40. The van der Waals surface area contributed by atoms with Gasteiger partial charge < -0.3 is 0 Å². The molecule has 0 N–H and O–H groups in total. The van der Waals surface area contributed by atoms with Crippen LogP contribution in [-0.2, 0) is 11.8 Å². The Labute approximate surface area is 75.7 Å². The Morgan fingerprint density at radius 3 is 2.92 bits per heavy atom. The van der Waals surface area contributed by atoms with E-state index in [1.165, 1.54) is 4.90 Å². The minimum absolute atomic E-state index is 0.0122.